The fourth-order valence-electron chi connectivity index (χ4n) is 2.06. The van der Waals surface area contributed by atoms with E-state index in [2.05, 4.69) is 5.32 Å². The van der Waals surface area contributed by atoms with Gasteiger partial charge in [-0.05, 0) is 56.2 Å². The van der Waals surface area contributed by atoms with E-state index < -0.39 is 0 Å². The van der Waals surface area contributed by atoms with E-state index in [1.807, 2.05) is 32.0 Å². The van der Waals surface area contributed by atoms with Crippen molar-refractivity contribution in [2.75, 3.05) is 6.61 Å². The highest BCUT2D eigenvalue weighted by Gasteiger charge is 2.09. The second kappa shape index (κ2) is 7.90. The number of halogens is 1. The van der Waals surface area contributed by atoms with E-state index in [0.717, 1.165) is 24.2 Å². The van der Waals surface area contributed by atoms with Gasteiger partial charge in [-0.15, -0.1) is 0 Å². The molecule has 1 aromatic carbocycles. The number of furan rings is 1. The van der Waals surface area contributed by atoms with Gasteiger partial charge in [0.1, 0.15) is 11.5 Å². The quantitative estimate of drug-likeness (QED) is 0.844. The smallest absolute Gasteiger partial charge is 0.258 e. The molecule has 1 unspecified atom stereocenters. The Morgan fingerprint density at radius 3 is 2.91 bits per heavy atom. The number of carbonyl (C=O) groups excluding carboxylic acids is 1. The van der Waals surface area contributed by atoms with Crippen LogP contribution in [0.3, 0.4) is 0 Å². The molecular formula is C17H20ClNO3. The minimum absolute atomic E-state index is 0.00777. The molecule has 0 aliphatic rings. The lowest BCUT2D eigenvalue weighted by Crippen LogP contribution is -2.36. The molecule has 118 valence electrons. The van der Waals surface area contributed by atoms with Gasteiger partial charge in [-0.25, -0.2) is 0 Å². The first-order valence-corrected chi connectivity index (χ1v) is 7.63. The van der Waals surface area contributed by atoms with Crippen LogP contribution in [0.25, 0.3) is 0 Å². The summed E-state index contributed by atoms with van der Waals surface area (Å²) >= 11 is 5.95. The molecule has 22 heavy (non-hydrogen) atoms. The van der Waals surface area contributed by atoms with Gasteiger partial charge in [0.2, 0.25) is 0 Å². The molecule has 0 saturated carbocycles. The van der Waals surface area contributed by atoms with Crippen LogP contribution >= 0.6 is 11.6 Å². The summed E-state index contributed by atoms with van der Waals surface area (Å²) in [6.45, 7) is 3.85. The Morgan fingerprint density at radius 1 is 1.41 bits per heavy atom. The summed E-state index contributed by atoms with van der Waals surface area (Å²) in [6, 6.07) is 9.18. The van der Waals surface area contributed by atoms with Crippen LogP contribution in [0, 0.1) is 6.92 Å². The maximum absolute atomic E-state index is 11.9. The van der Waals surface area contributed by atoms with Crippen LogP contribution in [-0.4, -0.2) is 18.6 Å². The summed E-state index contributed by atoms with van der Waals surface area (Å²) in [6.07, 6.45) is 3.27. The van der Waals surface area contributed by atoms with E-state index in [1.54, 1.807) is 18.4 Å². The number of amides is 1. The SMILES string of the molecule is Cc1cc(OCC(=O)NC(C)CCc2ccco2)ccc1Cl. The number of aryl methyl sites for hydroxylation is 2. The number of nitrogens with one attached hydrogen (secondary N) is 1. The van der Waals surface area contributed by atoms with Gasteiger partial charge in [0.15, 0.2) is 6.61 Å². The van der Waals surface area contributed by atoms with E-state index in [9.17, 15) is 4.79 Å². The van der Waals surface area contributed by atoms with Gasteiger partial charge in [-0.2, -0.15) is 0 Å². The molecular weight excluding hydrogens is 302 g/mol. The lowest BCUT2D eigenvalue weighted by molar-refractivity contribution is -0.123. The van der Waals surface area contributed by atoms with Crippen molar-refractivity contribution < 1.29 is 13.9 Å². The topological polar surface area (TPSA) is 51.5 Å². The number of benzene rings is 1. The molecule has 0 aliphatic heterocycles. The van der Waals surface area contributed by atoms with Crippen LogP contribution in [0.2, 0.25) is 5.02 Å². The summed E-state index contributed by atoms with van der Waals surface area (Å²) < 4.78 is 10.7. The largest absolute Gasteiger partial charge is 0.484 e. The Morgan fingerprint density at radius 2 is 2.23 bits per heavy atom. The van der Waals surface area contributed by atoms with E-state index in [1.165, 1.54) is 0 Å². The summed E-state index contributed by atoms with van der Waals surface area (Å²) in [5.41, 5.74) is 0.923. The zero-order valence-corrected chi connectivity index (χ0v) is 13.5. The third-order valence-electron chi connectivity index (χ3n) is 3.31. The first-order valence-electron chi connectivity index (χ1n) is 7.25. The van der Waals surface area contributed by atoms with Crippen molar-refractivity contribution in [3.05, 3.63) is 52.9 Å². The van der Waals surface area contributed by atoms with Gasteiger partial charge in [0, 0.05) is 17.5 Å². The lowest BCUT2D eigenvalue weighted by Gasteiger charge is -2.14. The molecule has 0 aliphatic carbocycles. The van der Waals surface area contributed by atoms with E-state index >= 15 is 0 Å². The highest BCUT2D eigenvalue weighted by atomic mass is 35.5. The third-order valence-corrected chi connectivity index (χ3v) is 3.73. The Kier molecular flexibility index (Phi) is 5.90. The fraction of sp³-hybridized carbons (Fsp3) is 0.353. The normalized spacial score (nSPS) is 12.0. The second-order valence-corrected chi connectivity index (χ2v) is 5.69. The highest BCUT2D eigenvalue weighted by molar-refractivity contribution is 6.31. The van der Waals surface area contributed by atoms with Crippen LogP contribution in [0.4, 0.5) is 0 Å². The number of rotatable bonds is 7. The standard InChI is InChI=1S/C17H20ClNO3/c1-12-10-15(7-8-16(12)18)22-11-17(20)19-13(2)5-6-14-4-3-9-21-14/h3-4,7-10,13H,5-6,11H2,1-2H3,(H,19,20). The molecule has 0 saturated heterocycles. The van der Waals surface area contributed by atoms with Crippen LogP contribution in [0.5, 0.6) is 5.75 Å². The lowest BCUT2D eigenvalue weighted by atomic mass is 10.1. The molecule has 1 N–H and O–H groups in total. The summed E-state index contributed by atoms with van der Waals surface area (Å²) in [7, 11) is 0. The summed E-state index contributed by atoms with van der Waals surface area (Å²) in [5, 5.41) is 3.59. The van der Waals surface area contributed by atoms with Crippen molar-refractivity contribution >= 4 is 17.5 Å². The fourth-order valence-corrected chi connectivity index (χ4v) is 2.18. The molecule has 4 nitrogen and oxygen atoms in total. The van der Waals surface area contributed by atoms with E-state index in [0.29, 0.717) is 10.8 Å². The van der Waals surface area contributed by atoms with Crippen molar-refractivity contribution in [1.29, 1.82) is 0 Å². The van der Waals surface area contributed by atoms with Gasteiger partial charge in [0.25, 0.3) is 5.91 Å². The number of ether oxygens (including phenoxy) is 1. The minimum atomic E-state index is -0.139. The van der Waals surface area contributed by atoms with Crippen LogP contribution in [-0.2, 0) is 11.2 Å². The average Bonchev–Trinajstić information content (AvgIpc) is 3.00. The minimum Gasteiger partial charge on any atom is -0.484 e. The molecule has 0 radical (unpaired) electrons. The van der Waals surface area contributed by atoms with E-state index in [4.69, 9.17) is 20.8 Å². The number of carbonyl (C=O) groups is 1. The molecule has 1 heterocycles. The number of hydrogen-bond acceptors (Lipinski definition) is 3. The van der Waals surface area contributed by atoms with Crippen molar-refractivity contribution in [3.63, 3.8) is 0 Å². The molecule has 2 rings (SSSR count). The molecule has 5 heteroatoms. The third kappa shape index (κ3) is 5.11. The molecule has 0 bridgehead atoms. The summed E-state index contributed by atoms with van der Waals surface area (Å²) in [5.74, 6) is 1.42. The van der Waals surface area contributed by atoms with Crippen molar-refractivity contribution in [2.45, 2.75) is 32.7 Å². The van der Waals surface area contributed by atoms with Gasteiger partial charge in [0.05, 0.1) is 6.26 Å². The Balaban J connectivity index is 1.71. The van der Waals surface area contributed by atoms with Crippen molar-refractivity contribution in [1.82, 2.24) is 5.32 Å². The average molecular weight is 322 g/mol. The molecule has 1 aromatic heterocycles. The number of hydrogen-bond donors (Lipinski definition) is 1. The first-order chi connectivity index (χ1) is 10.5. The van der Waals surface area contributed by atoms with Crippen LogP contribution in [0.1, 0.15) is 24.7 Å². The van der Waals surface area contributed by atoms with Gasteiger partial charge < -0.3 is 14.5 Å². The zero-order valence-electron chi connectivity index (χ0n) is 12.8. The maximum atomic E-state index is 11.9. The zero-order chi connectivity index (χ0) is 15.9. The Bertz CT molecular complexity index is 610. The monoisotopic (exact) mass is 321 g/mol. The summed E-state index contributed by atoms with van der Waals surface area (Å²) in [4.78, 5) is 11.9. The van der Waals surface area contributed by atoms with E-state index in [-0.39, 0.29) is 18.6 Å². The maximum Gasteiger partial charge on any atom is 0.258 e. The molecule has 0 fully saturated rings. The van der Waals surface area contributed by atoms with Gasteiger partial charge >= 0.3 is 0 Å². The van der Waals surface area contributed by atoms with Gasteiger partial charge in [-0.1, -0.05) is 11.6 Å². The predicted molar refractivity (Wildman–Crippen MR) is 86.3 cm³/mol. The second-order valence-electron chi connectivity index (χ2n) is 5.29. The molecule has 1 amide bonds. The highest BCUT2D eigenvalue weighted by Crippen LogP contribution is 2.20. The molecule has 2 aromatic rings. The Labute approximate surface area is 135 Å². The Hall–Kier alpha value is -1.94. The molecule has 0 spiro atoms. The van der Waals surface area contributed by atoms with Gasteiger partial charge in [-0.3, -0.25) is 4.79 Å². The first kappa shape index (κ1) is 16.4. The van der Waals surface area contributed by atoms with Crippen molar-refractivity contribution in [2.24, 2.45) is 0 Å². The van der Waals surface area contributed by atoms with Crippen LogP contribution in [0.15, 0.2) is 41.0 Å². The van der Waals surface area contributed by atoms with Crippen molar-refractivity contribution in [3.8, 4) is 5.75 Å². The van der Waals surface area contributed by atoms with Crippen LogP contribution < -0.4 is 10.1 Å². The predicted octanol–water partition coefficient (Wildman–Crippen LogP) is 3.76. The molecule has 1 atom stereocenters.